The molecule has 2 amide bonds. The lowest BCUT2D eigenvalue weighted by molar-refractivity contribution is -0.143. The Morgan fingerprint density at radius 2 is 1.62 bits per heavy atom. The van der Waals surface area contributed by atoms with E-state index in [0.29, 0.717) is 12.3 Å². The second kappa shape index (κ2) is 7.14. The van der Waals surface area contributed by atoms with E-state index in [9.17, 15) is 14.7 Å². The van der Waals surface area contributed by atoms with Crippen molar-refractivity contribution < 1.29 is 14.7 Å². The van der Waals surface area contributed by atoms with Crippen LogP contribution in [0.2, 0.25) is 0 Å². The summed E-state index contributed by atoms with van der Waals surface area (Å²) >= 11 is 0. The minimum Gasteiger partial charge on any atom is -0.481 e. The van der Waals surface area contributed by atoms with Crippen molar-refractivity contribution in [2.45, 2.75) is 70.9 Å². The molecule has 21 heavy (non-hydrogen) atoms. The first-order valence-electron chi connectivity index (χ1n) is 8.27. The maximum Gasteiger partial charge on any atom is 0.315 e. The lowest BCUT2D eigenvalue weighted by atomic mass is 9.80. The van der Waals surface area contributed by atoms with Crippen molar-refractivity contribution in [3.05, 3.63) is 0 Å². The Morgan fingerprint density at radius 3 is 2.29 bits per heavy atom. The average molecular weight is 296 g/mol. The number of amides is 2. The average Bonchev–Trinajstić information content (AvgIpc) is 2.42. The van der Waals surface area contributed by atoms with Crippen molar-refractivity contribution >= 4 is 12.0 Å². The molecule has 2 fully saturated rings. The molecule has 5 nitrogen and oxygen atoms in total. The number of carboxylic acid groups (broad SMARTS) is 1. The Kier molecular flexibility index (Phi) is 5.48. The van der Waals surface area contributed by atoms with Gasteiger partial charge >= 0.3 is 12.0 Å². The van der Waals surface area contributed by atoms with E-state index in [1.807, 2.05) is 0 Å². The van der Waals surface area contributed by atoms with Crippen LogP contribution >= 0.6 is 0 Å². The van der Waals surface area contributed by atoms with Gasteiger partial charge in [0, 0.05) is 12.1 Å². The van der Waals surface area contributed by atoms with Crippen LogP contribution in [-0.4, -0.2) is 29.2 Å². The number of carboxylic acids is 1. The van der Waals surface area contributed by atoms with Gasteiger partial charge < -0.3 is 15.7 Å². The topological polar surface area (TPSA) is 78.4 Å². The highest BCUT2D eigenvalue weighted by molar-refractivity contribution is 5.77. The van der Waals surface area contributed by atoms with Crippen molar-refractivity contribution in [1.29, 1.82) is 0 Å². The second-order valence-electron chi connectivity index (χ2n) is 6.96. The van der Waals surface area contributed by atoms with Gasteiger partial charge in [0.25, 0.3) is 0 Å². The highest BCUT2D eigenvalue weighted by atomic mass is 16.4. The van der Waals surface area contributed by atoms with Crippen molar-refractivity contribution in [1.82, 2.24) is 10.6 Å². The molecule has 0 bridgehead atoms. The van der Waals surface area contributed by atoms with E-state index in [2.05, 4.69) is 24.5 Å². The third-order valence-electron chi connectivity index (χ3n) is 5.15. The Bertz CT molecular complexity index is 386. The summed E-state index contributed by atoms with van der Waals surface area (Å²) in [6, 6.07) is -0.207. The van der Waals surface area contributed by atoms with Crippen LogP contribution in [0.5, 0.6) is 0 Å². The Hall–Kier alpha value is -1.26. The summed E-state index contributed by atoms with van der Waals surface area (Å²) in [7, 11) is 0. The van der Waals surface area contributed by atoms with Crippen molar-refractivity contribution in [3.8, 4) is 0 Å². The van der Waals surface area contributed by atoms with Gasteiger partial charge in [0.2, 0.25) is 0 Å². The Labute approximate surface area is 126 Å². The number of urea groups is 1. The summed E-state index contributed by atoms with van der Waals surface area (Å²) < 4.78 is 0. The molecule has 0 aliphatic heterocycles. The third-order valence-corrected chi connectivity index (χ3v) is 5.15. The number of nitrogens with one attached hydrogen (secondary N) is 2. The monoisotopic (exact) mass is 296 g/mol. The molecule has 0 aromatic heterocycles. The smallest absolute Gasteiger partial charge is 0.315 e. The first kappa shape index (κ1) is 16.1. The lowest BCUT2D eigenvalue weighted by Crippen LogP contribution is -2.52. The number of hydrogen-bond donors (Lipinski definition) is 3. The summed E-state index contributed by atoms with van der Waals surface area (Å²) in [5, 5.41) is 15.2. The van der Waals surface area contributed by atoms with Crippen LogP contribution in [0.1, 0.15) is 58.8 Å². The van der Waals surface area contributed by atoms with Crippen LogP contribution in [-0.2, 0) is 4.79 Å². The molecule has 2 aliphatic rings. The summed E-state index contributed by atoms with van der Waals surface area (Å²) in [5.74, 6) is -0.00914. The van der Waals surface area contributed by atoms with Gasteiger partial charge in [-0.15, -0.1) is 0 Å². The molecule has 0 radical (unpaired) electrons. The van der Waals surface area contributed by atoms with E-state index in [1.54, 1.807) is 0 Å². The highest BCUT2D eigenvalue weighted by Crippen LogP contribution is 2.29. The van der Waals surface area contributed by atoms with Crippen molar-refractivity contribution in [2.24, 2.45) is 17.8 Å². The van der Waals surface area contributed by atoms with Crippen LogP contribution in [0.3, 0.4) is 0 Å². The Morgan fingerprint density at radius 1 is 0.952 bits per heavy atom. The van der Waals surface area contributed by atoms with Gasteiger partial charge in [0.15, 0.2) is 0 Å². The first-order chi connectivity index (χ1) is 9.97. The molecule has 120 valence electrons. The maximum absolute atomic E-state index is 12.2. The number of hydrogen-bond acceptors (Lipinski definition) is 2. The minimum absolute atomic E-state index is 0.195. The summed E-state index contributed by atoms with van der Waals surface area (Å²) in [4.78, 5) is 23.4. The number of carbonyl (C=O) groups excluding carboxylic acids is 1. The molecule has 5 heteroatoms. The van der Waals surface area contributed by atoms with Crippen molar-refractivity contribution in [3.63, 3.8) is 0 Å². The van der Waals surface area contributed by atoms with Gasteiger partial charge in [-0.1, -0.05) is 26.7 Å². The SMILES string of the molecule is CC1CCC(NC(=O)NC2CCCCC2C(=O)O)C(C)C1. The van der Waals surface area contributed by atoms with E-state index in [4.69, 9.17) is 0 Å². The van der Waals surface area contributed by atoms with Crippen LogP contribution in [0.15, 0.2) is 0 Å². The second-order valence-corrected chi connectivity index (χ2v) is 6.96. The van der Waals surface area contributed by atoms with Gasteiger partial charge in [0.05, 0.1) is 5.92 Å². The fourth-order valence-corrected chi connectivity index (χ4v) is 3.86. The molecule has 0 heterocycles. The van der Waals surface area contributed by atoms with Crippen LogP contribution in [0, 0.1) is 17.8 Å². The molecular weight excluding hydrogens is 268 g/mol. The normalized spacial score (nSPS) is 36.8. The number of carbonyl (C=O) groups is 2. The zero-order chi connectivity index (χ0) is 15.4. The number of rotatable bonds is 3. The maximum atomic E-state index is 12.2. The molecule has 3 N–H and O–H groups in total. The van der Waals surface area contributed by atoms with E-state index in [-0.39, 0.29) is 18.1 Å². The molecule has 0 aromatic carbocycles. The molecule has 5 unspecified atom stereocenters. The molecule has 0 spiro atoms. The molecule has 0 saturated heterocycles. The van der Waals surface area contributed by atoms with E-state index in [0.717, 1.165) is 44.4 Å². The van der Waals surface area contributed by atoms with Gasteiger partial charge in [0.1, 0.15) is 0 Å². The predicted octanol–water partition coefficient (Wildman–Crippen LogP) is 2.75. The summed E-state index contributed by atoms with van der Waals surface area (Å²) in [6.45, 7) is 4.44. The lowest BCUT2D eigenvalue weighted by Gasteiger charge is -2.34. The molecular formula is C16H28N2O3. The largest absolute Gasteiger partial charge is 0.481 e. The predicted molar refractivity (Wildman–Crippen MR) is 81.0 cm³/mol. The molecule has 2 aliphatic carbocycles. The minimum atomic E-state index is -0.792. The van der Waals surface area contributed by atoms with E-state index < -0.39 is 11.9 Å². The van der Waals surface area contributed by atoms with Gasteiger partial charge in [-0.2, -0.15) is 0 Å². The molecule has 0 aromatic rings. The fourth-order valence-electron chi connectivity index (χ4n) is 3.86. The third kappa shape index (κ3) is 4.35. The molecule has 2 rings (SSSR count). The van der Waals surface area contributed by atoms with Gasteiger partial charge in [-0.05, 0) is 43.9 Å². The van der Waals surface area contributed by atoms with E-state index >= 15 is 0 Å². The van der Waals surface area contributed by atoms with Crippen LogP contribution in [0.25, 0.3) is 0 Å². The summed E-state index contributed by atoms with van der Waals surface area (Å²) in [5.41, 5.74) is 0. The zero-order valence-electron chi connectivity index (χ0n) is 13.1. The van der Waals surface area contributed by atoms with E-state index in [1.165, 1.54) is 0 Å². The highest BCUT2D eigenvalue weighted by Gasteiger charge is 2.33. The fraction of sp³-hybridized carbons (Fsp3) is 0.875. The standard InChI is InChI=1S/C16H28N2O3/c1-10-7-8-13(11(2)9-10)17-16(21)18-14-6-4-3-5-12(14)15(19)20/h10-14H,3-9H2,1-2H3,(H,19,20)(H2,17,18,21). The van der Waals surface area contributed by atoms with Gasteiger partial charge in [-0.25, -0.2) is 4.79 Å². The van der Waals surface area contributed by atoms with Crippen LogP contribution < -0.4 is 10.6 Å². The zero-order valence-corrected chi connectivity index (χ0v) is 13.1. The summed E-state index contributed by atoms with van der Waals surface area (Å²) in [6.07, 6.45) is 6.67. The van der Waals surface area contributed by atoms with Crippen LogP contribution in [0.4, 0.5) is 4.79 Å². The molecule has 2 saturated carbocycles. The quantitative estimate of drug-likeness (QED) is 0.749. The number of aliphatic carboxylic acids is 1. The first-order valence-corrected chi connectivity index (χ1v) is 8.27. The Balaban J connectivity index is 1.84. The van der Waals surface area contributed by atoms with Gasteiger partial charge in [-0.3, -0.25) is 4.79 Å². The van der Waals surface area contributed by atoms with Crippen molar-refractivity contribution in [2.75, 3.05) is 0 Å². The molecule has 5 atom stereocenters.